The molecule has 0 radical (unpaired) electrons. The third-order valence-corrected chi connectivity index (χ3v) is 5.96. The van der Waals surface area contributed by atoms with Crippen molar-refractivity contribution in [1.82, 2.24) is 5.43 Å². The summed E-state index contributed by atoms with van der Waals surface area (Å²) in [6, 6.07) is 17.1. The molecule has 0 aliphatic rings. The van der Waals surface area contributed by atoms with Crippen molar-refractivity contribution in [3.63, 3.8) is 0 Å². The molecule has 1 N–H and O–H groups in total. The Hall–Kier alpha value is -2.92. The number of hydrogen-bond donors (Lipinski definition) is 1. The molecule has 4 rings (SSSR count). The Morgan fingerprint density at radius 1 is 1.21 bits per heavy atom. The summed E-state index contributed by atoms with van der Waals surface area (Å²) < 4.78 is 32.3. The maximum Gasteiger partial charge on any atom is 0.307 e. The second-order valence-corrected chi connectivity index (χ2v) is 8.98. The molecule has 3 aromatic carbocycles. The Morgan fingerprint density at radius 3 is 2.82 bits per heavy atom. The number of hydrazone groups is 1. The topological polar surface area (TPSA) is 73.1 Å². The predicted octanol–water partition coefficient (Wildman–Crippen LogP) is 6.29. The molecule has 0 fully saturated rings. The van der Waals surface area contributed by atoms with Crippen LogP contribution < -0.4 is 14.9 Å². The molecule has 4 aromatic rings. The van der Waals surface area contributed by atoms with Gasteiger partial charge in [-0.25, -0.2) is 9.82 Å². The highest BCUT2D eigenvalue weighted by Gasteiger charge is 2.14. The molecule has 0 saturated heterocycles. The standard InChI is InChI=1S/C24H17BrFIN2O4/c1-31-21-9-14(8-19(27)23(21)32-13-15-4-2-3-5-18(15)26)12-28-29-24(30)22-11-16-10-17(25)6-7-20(16)33-22/h2-12H,13H2,1H3,(H,29,30)/b28-12+. The summed E-state index contributed by atoms with van der Waals surface area (Å²) in [5, 5.41) is 4.82. The van der Waals surface area contributed by atoms with Crippen LogP contribution in [0.3, 0.4) is 0 Å². The number of hydrogen-bond acceptors (Lipinski definition) is 5. The maximum absolute atomic E-state index is 13.9. The molecule has 1 aromatic heterocycles. The first-order valence-electron chi connectivity index (χ1n) is 9.71. The highest BCUT2D eigenvalue weighted by Crippen LogP contribution is 2.34. The van der Waals surface area contributed by atoms with E-state index < -0.39 is 5.91 Å². The summed E-state index contributed by atoms with van der Waals surface area (Å²) in [4.78, 5) is 12.4. The summed E-state index contributed by atoms with van der Waals surface area (Å²) in [7, 11) is 1.52. The molecule has 0 unspecified atom stereocenters. The van der Waals surface area contributed by atoms with Crippen LogP contribution in [0.15, 0.2) is 74.7 Å². The fraction of sp³-hybridized carbons (Fsp3) is 0.0833. The first-order valence-corrected chi connectivity index (χ1v) is 11.6. The lowest BCUT2D eigenvalue weighted by atomic mass is 10.2. The number of carbonyl (C=O) groups excluding carboxylic acids is 1. The molecule has 0 bridgehead atoms. The summed E-state index contributed by atoms with van der Waals surface area (Å²) in [6.45, 7) is 0.0661. The normalized spacial score (nSPS) is 11.2. The Kier molecular flexibility index (Phi) is 7.29. The van der Waals surface area contributed by atoms with Crippen LogP contribution >= 0.6 is 38.5 Å². The number of furan rings is 1. The Balaban J connectivity index is 1.45. The van der Waals surface area contributed by atoms with Gasteiger partial charge in [-0.3, -0.25) is 4.79 Å². The summed E-state index contributed by atoms with van der Waals surface area (Å²) in [5.41, 5.74) is 4.19. The maximum atomic E-state index is 13.9. The third kappa shape index (κ3) is 5.53. The second-order valence-electron chi connectivity index (χ2n) is 6.91. The Labute approximate surface area is 211 Å². The van der Waals surface area contributed by atoms with E-state index in [4.69, 9.17) is 13.9 Å². The zero-order valence-corrected chi connectivity index (χ0v) is 21.0. The number of methoxy groups -OCH3 is 1. The number of benzene rings is 3. The van der Waals surface area contributed by atoms with E-state index in [1.54, 1.807) is 36.4 Å². The van der Waals surface area contributed by atoms with Gasteiger partial charge in [0.2, 0.25) is 0 Å². The van der Waals surface area contributed by atoms with Gasteiger partial charge in [0, 0.05) is 15.4 Å². The molecule has 1 amide bonds. The molecule has 33 heavy (non-hydrogen) atoms. The van der Waals surface area contributed by atoms with E-state index in [0.29, 0.717) is 28.2 Å². The Bertz CT molecular complexity index is 1360. The fourth-order valence-electron chi connectivity index (χ4n) is 3.07. The smallest absolute Gasteiger partial charge is 0.307 e. The minimum absolute atomic E-state index is 0.0661. The van der Waals surface area contributed by atoms with Gasteiger partial charge >= 0.3 is 5.91 Å². The number of rotatable bonds is 7. The van der Waals surface area contributed by atoms with Crippen LogP contribution in [0.2, 0.25) is 0 Å². The van der Waals surface area contributed by atoms with Crippen molar-refractivity contribution in [1.29, 1.82) is 0 Å². The molecule has 9 heteroatoms. The number of halogens is 3. The number of amides is 1. The average Bonchev–Trinajstić information content (AvgIpc) is 3.22. The van der Waals surface area contributed by atoms with E-state index >= 15 is 0 Å². The van der Waals surface area contributed by atoms with E-state index in [1.165, 1.54) is 19.4 Å². The number of fused-ring (bicyclic) bond motifs is 1. The quantitative estimate of drug-likeness (QED) is 0.149. The minimum atomic E-state index is -0.468. The Morgan fingerprint density at radius 2 is 2.03 bits per heavy atom. The molecular formula is C24H17BrFIN2O4. The van der Waals surface area contributed by atoms with Gasteiger partial charge < -0.3 is 13.9 Å². The van der Waals surface area contributed by atoms with E-state index in [9.17, 15) is 9.18 Å². The first kappa shape index (κ1) is 23.2. The molecule has 0 spiro atoms. The summed E-state index contributed by atoms with van der Waals surface area (Å²) >= 11 is 5.50. The molecule has 0 atom stereocenters. The molecule has 0 saturated carbocycles. The highest BCUT2D eigenvalue weighted by molar-refractivity contribution is 14.1. The highest BCUT2D eigenvalue weighted by atomic mass is 127. The van der Waals surface area contributed by atoms with Crippen LogP contribution in [-0.2, 0) is 6.61 Å². The van der Waals surface area contributed by atoms with Gasteiger partial charge in [0.25, 0.3) is 0 Å². The SMILES string of the molecule is COc1cc(/C=N/NC(=O)c2cc3cc(Br)ccc3o2)cc(I)c1OCc1ccccc1F. The molecular weight excluding hydrogens is 606 g/mol. The predicted molar refractivity (Wildman–Crippen MR) is 135 cm³/mol. The van der Waals surface area contributed by atoms with Gasteiger partial charge in [0.1, 0.15) is 18.0 Å². The zero-order chi connectivity index (χ0) is 23.4. The lowest BCUT2D eigenvalue weighted by Gasteiger charge is -2.14. The zero-order valence-electron chi connectivity index (χ0n) is 17.3. The van der Waals surface area contributed by atoms with E-state index in [1.807, 2.05) is 18.2 Å². The van der Waals surface area contributed by atoms with Crippen molar-refractivity contribution < 1.29 is 23.1 Å². The van der Waals surface area contributed by atoms with Crippen LogP contribution in [0.25, 0.3) is 11.0 Å². The molecule has 0 aliphatic heterocycles. The van der Waals surface area contributed by atoms with Gasteiger partial charge in [-0.2, -0.15) is 5.10 Å². The van der Waals surface area contributed by atoms with Gasteiger partial charge in [-0.1, -0.05) is 34.1 Å². The van der Waals surface area contributed by atoms with Crippen LogP contribution in [0, 0.1) is 9.39 Å². The monoisotopic (exact) mass is 622 g/mol. The third-order valence-electron chi connectivity index (χ3n) is 4.66. The summed E-state index contributed by atoms with van der Waals surface area (Å²) in [5.74, 6) is 0.322. The van der Waals surface area contributed by atoms with Crippen molar-refractivity contribution in [2.75, 3.05) is 7.11 Å². The second kappa shape index (κ2) is 10.3. The van der Waals surface area contributed by atoms with Gasteiger partial charge in [-0.05, 0) is 70.6 Å². The largest absolute Gasteiger partial charge is 0.493 e. The number of nitrogens with one attached hydrogen (secondary N) is 1. The van der Waals surface area contributed by atoms with Crippen molar-refractivity contribution in [2.24, 2.45) is 5.10 Å². The summed E-state index contributed by atoms with van der Waals surface area (Å²) in [6.07, 6.45) is 1.49. The molecule has 1 heterocycles. The van der Waals surface area contributed by atoms with Crippen molar-refractivity contribution >= 4 is 61.6 Å². The number of carbonyl (C=O) groups is 1. The fourth-order valence-corrected chi connectivity index (χ4v) is 4.23. The van der Waals surface area contributed by atoms with E-state index in [-0.39, 0.29) is 18.2 Å². The number of nitrogens with zero attached hydrogens (tertiary/aromatic N) is 1. The average molecular weight is 623 g/mol. The van der Waals surface area contributed by atoms with Crippen molar-refractivity contribution in [3.8, 4) is 11.5 Å². The van der Waals surface area contributed by atoms with Crippen molar-refractivity contribution in [3.05, 3.63) is 91.4 Å². The van der Waals surface area contributed by atoms with Gasteiger partial charge in [-0.15, -0.1) is 0 Å². The first-order chi connectivity index (χ1) is 15.9. The lowest BCUT2D eigenvalue weighted by Crippen LogP contribution is -2.16. The lowest BCUT2D eigenvalue weighted by molar-refractivity contribution is 0.0929. The minimum Gasteiger partial charge on any atom is -0.493 e. The molecule has 6 nitrogen and oxygen atoms in total. The van der Waals surface area contributed by atoms with Crippen LogP contribution in [0.4, 0.5) is 4.39 Å². The molecule has 0 aliphatic carbocycles. The van der Waals surface area contributed by atoms with E-state index in [0.717, 1.165) is 13.4 Å². The number of ether oxygens (including phenoxy) is 2. The van der Waals surface area contributed by atoms with Crippen LogP contribution in [0.5, 0.6) is 11.5 Å². The van der Waals surface area contributed by atoms with Crippen LogP contribution in [0.1, 0.15) is 21.7 Å². The van der Waals surface area contributed by atoms with Gasteiger partial charge in [0.05, 0.1) is 16.9 Å². The van der Waals surface area contributed by atoms with E-state index in [2.05, 4.69) is 49.0 Å². The van der Waals surface area contributed by atoms with Gasteiger partial charge in [0.15, 0.2) is 17.3 Å². The molecule has 168 valence electrons. The van der Waals surface area contributed by atoms with Crippen molar-refractivity contribution in [2.45, 2.75) is 6.61 Å². The van der Waals surface area contributed by atoms with Crippen LogP contribution in [-0.4, -0.2) is 19.2 Å².